The number of nitrogen functional groups attached to an aromatic ring is 1. The summed E-state index contributed by atoms with van der Waals surface area (Å²) in [7, 11) is 1.59. The first-order chi connectivity index (χ1) is 7.00. The van der Waals surface area contributed by atoms with Crippen LogP contribution in [0.4, 0.5) is 5.69 Å². The van der Waals surface area contributed by atoms with Gasteiger partial charge in [-0.1, -0.05) is 24.3 Å². The van der Waals surface area contributed by atoms with E-state index in [0.717, 1.165) is 0 Å². The maximum Gasteiger partial charge on any atom is 0.261 e. The second-order valence-electron chi connectivity index (χ2n) is 3.14. The molecule has 2 aromatic carbocycles. The van der Waals surface area contributed by atoms with Gasteiger partial charge in [-0.3, -0.25) is 0 Å². The molecule has 6 heteroatoms. The molecule has 1 radical (unpaired) electrons. The molecule has 2 aromatic rings. The van der Waals surface area contributed by atoms with Gasteiger partial charge in [0, 0.05) is 44.2 Å². The van der Waals surface area contributed by atoms with Crippen LogP contribution >= 0.6 is 10.7 Å². The van der Waals surface area contributed by atoms with Crippen LogP contribution in [0.15, 0.2) is 41.3 Å². The Labute approximate surface area is 108 Å². The molecule has 0 aliphatic carbocycles. The third-order valence-corrected chi connectivity index (χ3v) is 3.56. The fraction of sp³-hybridized carbons (Fsp3) is 0. The van der Waals surface area contributed by atoms with Crippen molar-refractivity contribution in [1.29, 1.82) is 0 Å². The molecule has 16 heavy (non-hydrogen) atoms. The summed E-state index contributed by atoms with van der Waals surface area (Å²) in [5.41, 5.74) is 6.27. The largest absolute Gasteiger partial charge is 0.398 e. The maximum absolute atomic E-state index is 11.3. The van der Waals surface area contributed by atoms with E-state index in [0.29, 0.717) is 16.5 Å². The van der Waals surface area contributed by atoms with Crippen LogP contribution in [0.2, 0.25) is 0 Å². The van der Waals surface area contributed by atoms with Crippen LogP contribution in [0, 0.1) is 0 Å². The fourth-order valence-corrected chi connectivity index (χ4v) is 2.58. The number of fused-ring (bicyclic) bond motifs is 1. The molecule has 3 nitrogen and oxygen atoms in total. The van der Waals surface area contributed by atoms with Crippen LogP contribution in [0.5, 0.6) is 0 Å². The monoisotopic (exact) mass is 304 g/mol. The first kappa shape index (κ1) is 13.3. The van der Waals surface area contributed by atoms with Crippen molar-refractivity contribution in [3.05, 3.63) is 36.4 Å². The summed E-state index contributed by atoms with van der Waals surface area (Å²) in [6.07, 6.45) is 0. The molecule has 0 atom stereocenters. The summed E-state index contributed by atoms with van der Waals surface area (Å²) in [4.78, 5) is 0.0916. The number of halogens is 1. The van der Waals surface area contributed by atoms with Crippen LogP contribution in [0.25, 0.3) is 10.8 Å². The molecule has 0 bridgehead atoms. The predicted octanol–water partition coefficient (Wildman–Crippen LogP) is 2.35. The van der Waals surface area contributed by atoms with Crippen LogP contribution in [0.3, 0.4) is 0 Å². The van der Waals surface area contributed by atoms with E-state index in [2.05, 4.69) is 0 Å². The SMILES string of the molecule is Nc1ccc(S(=O)(=O)Cl)c2ccccc12.[Cu]. The van der Waals surface area contributed by atoms with E-state index < -0.39 is 9.05 Å². The first-order valence-corrected chi connectivity index (χ1v) is 6.53. The molecule has 0 unspecified atom stereocenters. The number of hydrogen-bond acceptors (Lipinski definition) is 3. The van der Waals surface area contributed by atoms with E-state index in [1.807, 2.05) is 0 Å². The minimum atomic E-state index is -3.73. The molecule has 0 aromatic heterocycles. The van der Waals surface area contributed by atoms with Crippen molar-refractivity contribution in [3.63, 3.8) is 0 Å². The molecule has 0 saturated carbocycles. The average Bonchev–Trinajstić information content (AvgIpc) is 2.17. The Hall–Kier alpha value is -0.741. The minimum Gasteiger partial charge on any atom is -0.398 e. The molecule has 0 aliphatic rings. The van der Waals surface area contributed by atoms with Gasteiger partial charge < -0.3 is 5.73 Å². The Morgan fingerprint density at radius 3 is 2.12 bits per heavy atom. The molecule has 2 N–H and O–H groups in total. The van der Waals surface area contributed by atoms with Crippen LogP contribution in [-0.4, -0.2) is 8.42 Å². The van der Waals surface area contributed by atoms with Crippen molar-refractivity contribution in [2.45, 2.75) is 4.90 Å². The number of benzene rings is 2. The average molecular weight is 305 g/mol. The smallest absolute Gasteiger partial charge is 0.261 e. The van der Waals surface area contributed by atoms with Crippen molar-refractivity contribution < 1.29 is 25.5 Å². The Balaban J connectivity index is 0.00000128. The van der Waals surface area contributed by atoms with Crippen molar-refractivity contribution in [2.24, 2.45) is 0 Å². The summed E-state index contributed by atoms with van der Waals surface area (Å²) >= 11 is 0. The second-order valence-corrected chi connectivity index (χ2v) is 5.67. The Bertz CT molecular complexity index is 628. The zero-order chi connectivity index (χ0) is 11.1. The summed E-state index contributed by atoms with van der Waals surface area (Å²) in [6, 6.07) is 9.94. The summed E-state index contributed by atoms with van der Waals surface area (Å²) in [5, 5.41) is 1.24. The fourth-order valence-electron chi connectivity index (χ4n) is 1.51. The molecule has 0 aliphatic heterocycles. The van der Waals surface area contributed by atoms with E-state index in [1.165, 1.54) is 12.1 Å². The molecular formula is C10H8ClCuNO2S. The van der Waals surface area contributed by atoms with Crippen molar-refractivity contribution in [2.75, 3.05) is 5.73 Å². The molecule has 0 heterocycles. The number of hydrogen-bond donors (Lipinski definition) is 1. The van der Waals surface area contributed by atoms with Crippen LogP contribution in [-0.2, 0) is 26.1 Å². The van der Waals surface area contributed by atoms with Gasteiger partial charge in [0.1, 0.15) is 0 Å². The number of nitrogens with two attached hydrogens (primary N) is 1. The van der Waals surface area contributed by atoms with Gasteiger partial charge in [-0.15, -0.1) is 0 Å². The molecule has 0 amide bonds. The first-order valence-electron chi connectivity index (χ1n) is 4.22. The molecule has 0 saturated heterocycles. The third-order valence-electron chi connectivity index (χ3n) is 2.18. The quantitative estimate of drug-likeness (QED) is 0.500. The molecule has 0 fully saturated rings. The van der Waals surface area contributed by atoms with Gasteiger partial charge >= 0.3 is 0 Å². The molecule has 0 spiro atoms. The summed E-state index contributed by atoms with van der Waals surface area (Å²) < 4.78 is 22.6. The standard InChI is InChI=1S/C10H8ClNO2S.Cu/c11-15(13,14)10-6-5-9(12)7-3-1-2-4-8(7)10;/h1-6H,12H2;. The second kappa shape index (κ2) is 4.63. The van der Waals surface area contributed by atoms with Gasteiger partial charge in [-0.05, 0) is 12.1 Å². The predicted molar refractivity (Wildman–Crippen MR) is 61.4 cm³/mol. The van der Waals surface area contributed by atoms with Crippen molar-refractivity contribution >= 4 is 36.2 Å². The van der Waals surface area contributed by atoms with Crippen molar-refractivity contribution in [3.8, 4) is 0 Å². The van der Waals surface area contributed by atoms with E-state index in [4.69, 9.17) is 16.4 Å². The maximum atomic E-state index is 11.3. The van der Waals surface area contributed by atoms with Crippen LogP contribution < -0.4 is 5.73 Å². The van der Waals surface area contributed by atoms with Gasteiger partial charge in [0.2, 0.25) is 0 Å². The summed E-state index contributed by atoms with van der Waals surface area (Å²) in [6.45, 7) is 0. The number of anilines is 1. The van der Waals surface area contributed by atoms with E-state index in [-0.39, 0.29) is 22.0 Å². The summed E-state index contributed by atoms with van der Waals surface area (Å²) in [5.74, 6) is 0. The van der Waals surface area contributed by atoms with Gasteiger partial charge in [0.05, 0.1) is 4.90 Å². The van der Waals surface area contributed by atoms with Crippen LogP contribution in [0.1, 0.15) is 0 Å². The number of rotatable bonds is 1. The zero-order valence-electron chi connectivity index (χ0n) is 7.95. The normalized spacial score (nSPS) is 11.1. The van der Waals surface area contributed by atoms with Gasteiger partial charge in [0.25, 0.3) is 9.05 Å². The molecule has 89 valence electrons. The molecular weight excluding hydrogens is 297 g/mol. The van der Waals surface area contributed by atoms with Crippen molar-refractivity contribution in [1.82, 2.24) is 0 Å². The van der Waals surface area contributed by atoms with E-state index in [9.17, 15) is 8.42 Å². The Morgan fingerprint density at radius 2 is 1.56 bits per heavy atom. The third kappa shape index (κ3) is 2.33. The van der Waals surface area contributed by atoms with Gasteiger partial charge in [-0.2, -0.15) is 0 Å². The van der Waals surface area contributed by atoms with E-state index >= 15 is 0 Å². The zero-order valence-corrected chi connectivity index (χ0v) is 10.5. The Kier molecular flexibility index (Phi) is 3.86. The minimum absolute atomic E-state index is 0. The van der Waals surface area contributed by atoms with Gasteiger partial charge in [-0.25, -0.2) is 8.42 Å². The molecule has 2 rings (SSSR count). The van der Waals surface area contributed by atoms with E-state index in [1.54, 1.807) is 24.3 Å². The van der Waals surface area contributed by atoms with Gasteiger partial charge in [0.15, 0.2) is 0 Å². The Morgan fingerprint density at radius 1 is 1.00 bits per heavy atom. The topological polar surface area (TPSA) is 60.2 Å².